The van der Waals surface area contributed by atoms with Crippen LogP contribution in [0.3, 0.4) is 0 Å². The normalized spacial score (nSPS) is 14.8. The molecule has 0 bridgehead atoms. The van der Waals surface area contributed by atoms with Gasteiger partial charge in [0.1, 0.15) is 0 Å². The molecule has 1 amide bonds. The van der Waals surface area contributed by atoms with Crippen LogP contribution in [0.15, 0.2) is 51.8 Å². The number of aromatic nitrogens is 1. The molecule has 1 fully saturated rings. The standard InChI is InChI=1S/C21H22BrN3O4S2.ClH/c1-31(27,28)17-6-7-18-19(14-17)30-21(23-18)25(9-8-24-10-12-29-13-11-24)20(26)15-2-4-16(22)5-3-15;/h2-7,14H,8-13H2,1H3;1H. The van der Waals surface area contributed by atoms with Crippen molar-refractivity contribution < 1.29 is 17.9 Å². The van der Waals surface area contributed by atoms with E-state index in [1.807, 2.05) is 12.1 Å². The van der Waals surface area contributed by atoms with Gasteiger partial charge in [-0.2, -0.15) is 0 Å². The van der Waals surface area contributed by atoms with Gasteiger partial charge in [-0.25, -0.2) is 13.4 Å². The smallest absolute Gasteiger partial charge is 0.260 e. The molecule has 32 heavy (non-hydrogen) atoms. The van der Waals surface area contributed by atoms with Crippen LogP contribution in [-0.2, 0) is 14.6 Å². The molecule has 1 saturated heterocycles. The first-order valence-corrected chi connectivity index (χ1v) is 13.3. The van der Waals surface area contributed by atoms with Crippen LogP contribution in [0.1, 0.15) is 10.4 Å². The van der Waals surface area contributed by atoms with E-state index in [-0.39, 0.29) is 23.2 Å². The van der Waals surface area contributed by atoms with E-state index in [9.17, 15) is 13.2 Å². The summed E-state index contributed by atoms with van der Waals surface area (Å²) in [7, 11) is -3.32. The zero-order valence-electron chi connectivity index (χ0n) is 17.4. The summed E-state index contributed by atoms with van der Waals surface area (Å²) in [5.74, 6) is -0.136. The Labute approximate surface area is 205 Å². The number of carbonyl (C=O) groups is 1. The third-order valence-electron chi connectivity index (χ3n) is 5.09. The number of morpholine rings is 1. The molecular weight excluding hydrogens is 538 g/mol. The van der Waals surface area contributed by atoms with E-state index in [0.29, 0.717) is 42.5 Å². The van der Waals surface area contributed by atoms with E-state index >= 15 is 0 Å². The molecule has 7 nitrogen and oxygen atoms in total. The Kier molecular flexibility index (Phi) is 8.29. The molecule has 0 radical (unpaired) electrons. The molecule has 4 rings (SSSR count). The van der Waals surface area contributed by atoms with Crippen molar-refractivity contribution in [2.45, 2.75) is 4.90 Å². The Morgan fingerprint density at radius 3 is 2.53 bits per heavy atom. The van der Waals surface area contributed by atoms with Crippen LogP contribution < -0.4 is 4.90 Å². The van der Waals surface area contributed by atoms with E-state index in [1.165, 1.54) is 17.6 Å². The molecule has 0 saturated carbocycles. The predicted octanol–water partition coefficient (Wildman–Crippen LogP) is 3.86. The molecule has 3 aromatic rings. The number of nitrogens with zero attached hydrogens (tertiary/aromatic N) is 3. The minimum Gasteiger partial charge on any atom is -0.379 e. The van der Waals surface area contributed by atoms with Crippen LogP contribution in [0, 0.1) is 0 Å². The number of thiazole rings is 1. The van der Waals surface area contributed by atoms with Crippen molar-refractivity contribution in [3.63, 3.8) is 0 Å². The fourth-order valence-electron chi connectivity index (χ4n) is 3.34. The SMILES string of the molecule is CS(=O)(=O)c1ccc2nc(N(CCN3CCOCC3)C(=O)c3ccc(Br)cc3)sc2c1.Cl. The van der Waals surface area contributed by atoms with Gasteiger partial charge >= 0.3 is 0 Å². The van der Waals surface area contributed by atoms with Gasteiger partial charge in [0.25, 0.3) is 5.91 Å². The highest BCUT2D eigenvalue weighted by Crippen LogP contribution is 2.31. The van der Waals surface area contributed by atoms with Crippen molar-refractivity contribution in [1.29, 1.82) is 0 Å². The van der Waals surface area contributed by atoms with Crippen molar-refractivity contribution in [1.82, 2.24) is 9.88 Å². The second-order valence-electron chi connectivity index (χ2n) is 7.32. The Morgan fingerprint density at radius 2 is 1.88 bits per heavy atom. The number of rotatable bonds is 6. The Bertz CT molecular complexity index is 1200. The number of hydrogen-bond donors (Lipinski definition) is 0. The second kappa shape index (κ2) is 10.6. The number of fused-ring (bicyclic) bond motifs is 1. The lowest BCUT2D eigenvalue weighted by atomic mass is 10.2. The molecule has 0 N–H and O–H groups in total. The maximum Gasteiger partial charge on any atom is 0.260 e. The number of amides is 1. The van der Waals surface area contributed by atoms with Crippen molar-refractivity contribution in [2.24, 2.45) is 0 Å². The quantitative estimate of drug-likeness (QED) is 0.456. The molecule has 0 aliphatic carbocycles. The van der Waals surface area contributed by atoms with Crippen LogP contribution in [0.25, 0.3) is 10.2 Å². The molecular formula is C21H23BrClN3O4S2. The van der Waals surface area contributed by atoms with E-state index < -0.39 is 9.84 Å². The van der Waals surface area contributed by atoms with E-state index in [2.05, 4.69) is 25.8 Å². The van der Waals surface area contributed by atoms with Gasteiger partial charge in [0, 0.05) is 42.5 Å². The summed E-state index contributed by atoms with van der Waals surface area (Å²) < 4.78 is 30.9. The van der Waals surface area contributed by atoms with Crippen LogP contribution in [0.2, 0.25) is 0 Å². The van der Waals surface area contributed by atoms with Gasteiger partial charge < -0.3 is 4.74 Å². The summed E-state index contributed by atoms with van der Waals surface area (Å²) in [6.07, 6.45) is 1.18. The summed E-state index contributed by atoms with van der Waals surface area (Å²) in [5.41, 5.74) is 1.24. The van der Waals surface area contributed by atoms with Gasteiger partial charge in [0.2, 0.25) is 0 Å². The summed E-state index contributed by atoms with van der Waals surface area (Å²) in [5, 5.41) is 0.557. The third kappa shape index (κ3) is 5.86. The van der Waals surface area contributed by atoms with Crippen LogP contribution in [-0.4, -0.2) is 69.9 Å². The molecule has 2 aromatic carbocycles. The number of halogens is 2. The number of hydrogen-bond acceptors (Lipinski definition) is 7. The molecule has 11 heteroatoms. The van der Waals surface area contributed by atoms with Gasteiger partial charge in [0.15, 0.2) is 15.0 Å². The molecule has 1 aliphatic rings. The van der Waals surface area contributed by atoms with E-state index in [0.717, 1.165) is 22.3 Å². The zero-order chi connectivity index (χ0) is 22.0. The third-order valence-corrected chi connectivity index (χ3v) is 7.77. The first-order valence-electron chi connectivity index (χ1n) is 9.79. The number of anilines is 1. The molecule has 0 unspecified atom stereocenters. The minimum atomic E-state index is -3.32. The number of benzene rings is 2. The molecule has 0 spiro atoms. The highest BCUT2D eigenvalue weighted by Gasteiger charge is 2.23. The Hall–Kier alpha value is -1.56. The average Bonchev–Trinajstić information content (AvgIpc) is 3.17. The topological polar surface area (TPSA) is 79.8 Å². The maximum atomic E-state index is 13.4. The van der Waals surface area contributed by atoms with Gasteiger partial charge in [0.05, 0.1) is 28.3 Å². The first-order chi connectivity index (χ1) is 14.8. The molecule has 1 aliphatic heterocycles. The lowest BCUT2D eigenvalue weighted by molar-refractivity contribution is 0.0391. The summed E-state index contributed by atoms with van der Waals surface area (Å²) in [4.78, 5) is 22.2. The van der Waals surface area contributed by atoms with Gasteiger partial charge in [-0.15, -0.1) is 12.4 Å². The number of ether oxygens (including phenoxy) is 1. The minimum absolute atomic E-state index is 0. The Morgan fingerprint density at radius 1 is 1.19 bits per heavy atom. The lowest BCUT2D eigenvalue weighted by Gasteiger charge is -2.29. The monoisotopic (exact) mass is 559 g/mol. The average molecular weight is 561 g/mol. The molecule has 1 aromatic heterocycles. The van der Waals surface area contributed by atoms with Crippen LogP contribution >= 0.6 is 39.7 Å². The summed E-state index contributed by atoms with van der Waals surface area (Å²) in [6, 6.07) is 12.1. The maximum absolute atomic E-state index is 13.4. The zero-order valence-corrected chi connectivity index (χ0v) is 21.4. The highest BCUT2D eigenvalue weighted by atomic mass is 79.9. The van der Waals surface area contributed by atoms with Gasteiger partial charge in [-0.3, -0.25) is 14.6 Å². The lowest BCUT2D eigenvalue weighted by Crippen LogP contribution is -2.43. The van der Waals surface area contributed by atoms with Crippen molar-refractivity contribution >= 4 is 70.8 Å². The predicted molar refractivity (Wildman–Crippen MR) is 133 cm³/mol. The van der Waals surface area contributed by atoms with Crippen LogP contribution in [0.4, 0.5) is 5.13 Å². The molecule has 172 valence electrons. The first kappa shape index (κ1) is 25.1. The fourth-order valence-corrected chi connectivity index (χ4v) is 5.35. The van der Waals surface area contributed by atoms with Gasteiger partial charge in [-0.05, 0) is 42.5 Å². The summed E-state index contributed by atoms with van der Waals surface area (Å²) >= 11 is 4.73. The van der Waals surface area contributed by atoms with Crippen molar-refractivity contribution in [3.8, 4) is 0 Å². The van der Waals surface area contributed by atoms with E-state index in [1.54, 1.807) is 35.2 Å². The molecule has 0 atom stereocenters. The Balaban J connectivity index is 0.00000289. The fraction of sp³-hybridized carbons (Fsp3) is 0.333. The highest BCUT2D eigenvalue weighted by molar-refractivity contribution is 9.10. The largest absolute Gasteiger partial charge is 0.379 e. The number of sulfone groups is 1. The second-order valence-corrected chi connectivity index (χ2v) is 11.3. The van der Waals surface area contributed by atoms with Crippen LogP contribution in [0.5, 0.6) is 0 Å². The summed E-state index contributed by atoms with van der Waals surface area (Å²) in [6.45, 7) is 4.23. The van der Waals surface area contributed by atoms with Crippen molar-refractivity contribution in [3.05, 3.63) is 52.5 Å². The van der Waals surface area contributed by atoms with E-state index in [4.69, 9.17) is 4.74 Å². The van der Waals surface area contributed by atoms with Crippen molar-refractivity contribution in [2.75, 3.05) is 50.5 Å². The number of carbonyl (C=O) groups excluding carboxylic acids is 1. The van der Waals surface area contributed by atoms with Gasteiger partial charge in [-0.1, -0.05) is 27.3 Å². The molecule has 2 heterocycles.